The summed E-state index contributed by atoms with van der Waals surface area (Å²) in [5.74, 6) is -0.902. The van der Waals surface area contributed by atoms with E-state index in [4.69, 9.17) is 5.73 Å². The maximum Gasteiger partial charge on any atom is 0.229 e. The minimum absolute atomic E-state index is 0.119. The van der Waals surface area contributed by atoms with Crippen molar-refractivity contribution in [2.75, 3.05) is 23.3 Å². The first-order chi connectivity index (χ1) is 15.1. The number of piperidine rings is 1. The highest BCUT2D eigenvalue weighted by atomic mass is 19.1. The maximum absolute atomic E-state index is 14.3. The predicted octanol–water partition coefficient (Wildman–Crippen LogP) is 3.74. The number of rotatable bonds is 4. The average Bonchev–Trinajstić information content (AvgIpc) is 3.16. The van der Waals surface area contributed by atoms with Gasteiger partial charge in [0.2, 0.25) is 5.95 Å². The Balaban J connectivity index is 1.52. The fourth-order valence-corrected chi connectivity index (χ4v) is 3.94. The lowest BCUT2D eigenvalue weighted by Gasteiger charge is -2.33. The van der Waals surface area contributed by atoms with E-state index in [1.807, 2.05) is 6.07 Å². The first-order valence-corrected chi connectivity index (χ1v) is 10.1. The van der Waals surface area contributed by atoms with Crippen molar-refractivity contribution in [1.82, 2.24) is 19.6 Å². The third-order valence-electron chi connectivity index (χ3n) is 5.45. The van der Waals surface area contributed by atoms with Crippen LogP contribution in [0.2, 0.25) is 0 Å². The topological polar surface area (TPSA) is 84.4 Å². The van der Waals surface area contributed by atoms with Crippen LogP contribution in [0.4, 0.5) is 26.1 Å². The first kappa shape index (κ1) is 19.4. The van der Waals surface area contributed by atoms with Crippen LogP contribution in [0.3, 0.4) is 0 Å². The molecular formula is C22H21F2N7. The molecule has 5 rings (SSSR count). The number of halogens is 2. The Kier molecular flexibility index (Phi) is 4.95. The molecule has 3 N–H and O–H groups in total. The van der Waals surface area contributed by atoms with Gasteiger partial charge in [-0.3, -0.25) is 4.98 Å². The van der Waals surface area contributed by atoms with Crippen molar-refractivity contribution in [1.29, 1.82) is 0 Å². The molecular weight excluding hydrogens is 400 g/mol. The lowest BCUT2D eigenvalue weighted by Crippen LogP contribution is -2.43. The molecule has 1 saturated heterocycles. The minimum Gasteiger partial charge on any atom is -0.367 e. The van der Waals surface area contributed by atoms with Gasteiger partial charge >= 0.3 is 0 Å². The molecule has 0 bridgehead atoms. The minimum atomic E-state index is -0.667. The number of aromatic nitrogens is 4. The quantitative estimate of drug-likeness (QED) is 0.522. The largest absolute Gasteiger partial charge is 0.367 e. The molecule has 1 fully saturated rings. The molecule has 0 radical (unpaired) electrons. The van der Waals surface area contributed by atoms with Gasteiger partial charge in [0.1, 0.15) is 11.6 Å². The summed E-state index contributed by atoms with van der Waals surface area (Å²) in [6.45, 7) is 1.64. The van der Waals surface area contributed by atoms with Gasteiger partial charge < -0.3 is 16.0 Å². The number of nitrogens with two attached hydrogens (primary N) is 1. The number of pyridine rings is 1. The van der Waals surface area contributed by atoms with Gasteiger partial charge in [-0.05, 0) is 43.2 Å². The van der Waals surface area contributed by atoms with Crippen LogP contribution in [0.15, 0.2) is 55.0 Å². The van der Waals surface area contributed by atoms with Gasteiger partial charge in [-0.25, -0.2) is 13.8 Å². The molecule has 4 heterocycles. The summed E-state index contributed by atoms with van der Waals surface area (Å²) in [6, 6.07) is 9.03. The molecule has 9 heteroatoms. The lowest BCUT2D eigenvalue weighted by molar-refractivity contribution is 0.506. The summed E-state index contributed by atoms with van der Waals surface area (Å²) in [4.78, 5) is 10.9. The van der Waals surface area contributed by atoms with Crippen LogP contribution in [0.25, 0.3) is 16.8 Å². The molecule has 0 saturated carbocycles. The molecule has 7 nitrogen and oxygen atoms in total. The number of anilines is 3. The second-order valence-corrected chi connectivity index (χ2v) is 7.60. The number of imidazole rings is 1. The zero-order chi connectivity index (χ0) is 21.4. The molecule has 1 aliphatic heterocycles. The Labute approximate surface area is 177 Å². The van der Waals surface area contributed by atoms with Crippen molar-refractivity contribution in [2.24, 2.45) is 5.73 Å². The van der Waals surface area contributed by atoms with Crippen LogP contribution in [0.5, 0.6) is 0 Å². The molecule has 1 atom stereocenters. The Morgan fingerprint density at radius 3 is 2.71 bits per heavy atom. The second-order valence-electron chi connectivity index (χ2n) is 7.60. The van der Waals surface area contributed by atoms with E-state index in [0.29, 0.717) is 11.5 Å². The number of nitrogens with one attached hydrogen (secondary N) is 1. The Bertz CT molecular complexity index is 1220. The summed E-state index contributed by atoms with van der Waals surface area (Å²) in [6.07, 6.45) is 7.15. The van der Waals surface area contributed by atoms with Gasteiger partial charge in [0, 0.05) is 25.3 Å². The van der Waals surface area contributed by atoms with Crippen LogP contribution in [-0.4, -0.2) is 38.7 Å². The molecule has 158 valence electrons. The first-order valence-electron chi connectivity index (χ1n) is 10.1. The molecule has 3 aromatic heterocycles. The van der Waals surface area contributed by atoms with Gasteiger partial charge in [0.15, 0.2) is 0 Å². The highest BCUT2D eigenvalue weighted by Crippen LogP contribution is 2.30. The molecule has 0 unspecified atom stereocenters. The highest BCUT2D eigenvalue weighted by Gasteiger charge is 2.20. The summed E-state index contributed by atoms with van der Waals surface area (Å²) in [5, 5.41) is 7.73. The standard InChI is InChI=1S/C22H21F2N7/c23-16-4-1-5-17(24)21(16)19-7-6-15-11-27-22(31(15)29-19)28-18-8-9-26-12-20(18)30-10-2-3-14(25)13-30/h1,4-9,11-12,14H,2-3,10,13,25H2,(H,26,27,28)/t14-/m0/s1. The van der Waals surface area contributed by atoms with E-state index < -0.39 is 11.6 Å². The Hall–Kier alpha value is -3.59. The number of hydrogen-bond donors (Lipinski definition) is 2. The van der Waals surface area contributed by atoms with Gasteiger partial charge in [-0.2, -0.15) is 9.61 Å². The molecule has 1 aromatic carbocycles. The summed E-state index contributed by atoms with van der Waals surface area (Å²) < 4.78 is 30.0. The zero-order valence-electron chi connectivity index (χ0n) is 16.7. The molecule has 1 aliphatic rings. The van der Waals surface area contributed by atoms with Gasteiger partial charge in [-0.15, -0.1) is 0 Å². The summed E-state index contributed by atoms with van der Waals surface area (Å²) >= 11 is 0. The van der Waals surface area contributed by atoms with Gasteiger partial charge in [-0.1, -0.05) is 6.07 Å². The second kappa shape index (κ2) is 7.92. The van der Waals surface area contributed by atoms with E-state index in [1.54, 1.807) is 30.7 Å². The molecule has 31 heavy (non-hydrogen) atoms. The van der Waals surface area contributed by atoms with Crippen LogP contribution in [0.1, 0.15) is 12.8 Å². The fraction of sp³-hybridized carbons (Fsp3) is 0.227. The summed E-state index contributed by atoms with van der Waals surface area (Å²) in [7, 11) is 0. The van der Waals surface area contributed by atoms with Crippen molar-refractivity contribution >= 4 is 22.8 Å². The third-order valence-corrected chi connectivity index (χ3v) is 5.45. The monoisotopic (exact) mass is 421 g/mol. The van der Waals surface area contributed by atoms with E-state index in [-0.39, 0.29) is 17.3 Å². The number of hydrogen-bond acceptors (Lipinski definition) is 6. The van der Waals surface area contributed by atoms with Gasteiger partial charge in [0.25, 0.3) is 0 Å². The van der Waals surface area contributed by atoms with E-state index >= 15 is 0 Å². The highest BCUT2D eigenvalue weighted by molar-refractivity contribution is 5.74. The summed E-state index contributed by atoms with van der Waals surface area (Å²) in [5.41, 5.74) is 8.58. The Morgan fingerprint density at radius 1 is 1.06 bits per heavy atom. The number of nitrogens with zero attached hydrogens (tertiary/aromatic N) is 5. The number of benzene rings is 1. The van der Waals surface area contributed by atoms with E-state index in [1.165, 1.54) is 22.7 Å². The van der Waals surface area contributed by atoms with Crippen molar-refractivity contribution in [3.8, 4) is 11.3 Å². The van der Waals surface area contributed by atoms with Crippen LogP contribution < -0.4 is 16.0 Å². The van der Waals surface area contributed by atoms with Crippen LogP contribution in [0, 0.1) is 11.6 Å². The van der Waals surface area contributed by atoms with Crippen LogP contribution in [-0.2, 0) is 0 Å². The van der Waals surface area contributed by atoms with Crippen molar-refractivity contribution < 1.29 is 8.78 Å². The molecule has 0 amide bonds. The number of fused-ring (bicyclic) bond motifs is 1. The van der Waals surface area contributed by atoms with Gasteiger partial charge in [0.05, 0.1) is 40.5 Å². The maximum atomic E-state index is 14.3. The zero-order valence-corrected chi connectivity index (χ0v) is 16.7. The lowest BCUT2D eigenvalue weighted by atomic mass is 10.1. The van der Waals surface area contributed by atoms with Crippen molar-refractivity contribution in [3.63, 3.8) is 0 Å². The van der Waals surface area contributed by atoms with Crippen molar-refractivity contribution in [3.05, 3.63) is 66.6 Å². The molecule has 4 aromatic rings. The van der Waals surface area contributed by atoms with Crippen LogP contribution >= 0.6 is 0 Å². The van der Waals surface area contributed by atoms with Crippen molar-refractivity contribution in [2.45, 2.75) is 18.9 Å². The Morgan fingerprint density at radius 2 is 1.90 bits per heavy atom. The van der Waals surface area contributed by atoms with E-state index in [0.717, 1.165) is 37.3 Å². The SMILES string of the molecule is N[C@H]1CCCN(c2cnccc2Nc2ncc3ccc(-c4c(F)cccc4F)nn23)C1. The van der Waals surface area contributed by atoms with E-state index in [2.05, 4.69) is 25.3 Å². The smallest absolute Gasteiger partial charge is 0.229 e. The molecule has 0 spiro atoms. The molecule has 0 aliphatic carbocycles. The fourth-order valence-electron chi connectivity index (χ4n) is 3.94. The predicted molar refractivity (Wildman–Crippen MR) is 115 cm³/mol. The normalized spacial score (nSPS) is 16.6. The van der Waals surface area contributed by atoms with E-state index in [9.17, 15) is 8.78 Å². The average molecular weight is 421 g/mol. The third kappa shape index (κ3) is 3.68.